The summed E-state index contributed by atoms with van der Waals surface area (Å²) < 4.78 is 6.06. The third-order valence-electron chi connectivity index (χ3n) is 4.80. The largest absolute Gasteiger partial charge is 0.374 e. The van der Waals surface area contributed by atoms with Gasteiger partial charge in [0.1, 0.15) is 0 Å². The van der Waals surface area contributed by atoms with Crippen LogP contribution >= 0.6 is 0 Å². The maximum absolute atomic E-state index is 12.6. The topological polar surface area (TPSA) is 84.3 Å². The van der Waals surface area contributed by atoms with E-state index in [1.165, 1.54) is 6.20 Å². The number of carbonyl (C=O) groups is 1. The number of hydrogen-bond donors (Lipinski definition) is 0. The normalized spacial score (nSPS) is 23.7. The Morgan fingerprint density at radius 2 is 2.00 bits per heavy atom. The molecular weight excluding hydrogens is 320 g/mol. The van der Waals surface area contributed by atoms with E-state index in [0.717, 1.165) is 32.0 Å². The van der Waals surface area contributed by atoms with Crippen LogP contribution in [-0.2, 0) is 4.74 Å². The Kier molecular flexibility index (Phi) is 4.51. The molecule has 0 unspecified atom stereocenters. The van der Waals surface area contributed by atoms with Gasteiger partial charge in [0.15, 0.2) is 0 Å². The molecule has 0 spiro atoms. The van der Waals surface area contributed by atoms with Crippen molar-refractivity contribution in [2.24, 2.45) is 5.92 Å². The molecule has 0 aliphatic carbocycles. The van der Waals surface area contributed by atoms with Crippen molar-refractivity contribution in [2.75, 3.05) is 37.7 Å². The predicted octanol–water partition coefficient (Wildman–Crippen LogP) is 0.634. The number of piperidine rings is 1. The zero-order valence-corrected chi connectivity index (χ0v) is 13.9. The van der Waals surface area contributed by atoms with Gasteiger partial charge in [0.2, 0.25) is 5.95 Å². The van der Waals surface area contributed by atoms with Gasteiger partial charge in [-0.25, -0.2) is 9.97 Å². The summed E-state index contributed by atoms with van der Waals surface area (Å²) >= 11 is 0. The van der Waals surface area contributed by atoms with Gasteiger partial charge in [-0.15, -0.1) is 0 Å². The van der Waals surface area contributed by atoms with Gasteiger partial charge < -0.3 is 14.5 Å². The lowest BCUT2D eigenvalue weighted by atomic mass is 9.93. The van der Waals surface area contributed by atoms with E-state index in [1.807, 2.05) is 11.0 Å². The first-order chi connectivity index (χ1) is 12.3. The van der Waals surface area contributed by atoms with E-state index in [0.29, 0.717) is 24.6 Å². The number of nitrogens with zero attached hydrogens (tertiary/aromatic N) is 6. The summed E-state index contributed by atoms with van der Waals surface area (Å²) in [6, 6.07) is 3.52. The number of aromatic nitrogens is 4. The highest BCUT2D eigenvalue weighted by molar-refractivity contribution is 5.93. The van der Waals surface area contributed by atoms with E-state index in [2.05, 4.69) is 25.1 Å². The Morgan fingerprint density at radius 1 is 1.12 bits per heavy atom. The Balaban J connectivity index is 1.44. The molecule has 2 saturated heterocycles. The van der Waals surface area contributed by atoms with Crippen LogP contribution in [0, 0.1) is 5.92 Å². The highest BCUT2D eigenvalue weighted by Gasteiger charge is 2.35. The molecule has 2 aromatic rings. The van der Waals surface area contributed by atoms with Gasteiger partial charge in [-0.2, -0.15) is 10.2 Å². The van der Waals surface area contributed by atoms with E-state index in [9.17, 15) is 4.79 Å². The lowest BCUT2D eigenvalue weighted by molar-refractivity contribution is -0.0169. The van der Waals surface area contributed by atoms with E-state index >= 15 is 0 Å². The number of hydrogen-bond acceptors (Lipinski definition) is 7. The van der Waals surface area contributed by atoms with Gasteiger partial charge in [-0.1, -0.05) is 0 Å². The first kappa shape index (κ1) is 15.9. The molecule has 0 saturated carbocycles. The van der Waals surface area contributed by atoms with Crippen molar-refractivity contribution in [1.29, 1.82) is 0 Å². The SMILES string of the molecule is O=C(c1ccnnc1)N1CC[C@H]2CN(c3ncccn3)CCO[C@@H]2C1. The van der Waals surface area contributed by atoms with E-state index in [-0.39, 0.29) is 12.0 Å². The highest BCUT2D eigenvalue weighted by Crippen LogP contribution is 2.26. The summed E-state index contributed by atoms with van der Waals surface area (Å²) in [4.78, 5) is 25.3. The first-order valence-electron chi connectivity index (χ1n) is 8.51. The van der Waals surface area contributed by atoms with Crippen molar-refractivity contribution in [3.63, 3.8) is 0 Å². The van der Waals surface area contributed by atoms with E-state index < -0.39 is 0 Å². The van der Waals surface area contributed by atoms with Gasteiger partial charge in [-0.3, -0.25) is 4.79 Å². The zero-order valence-electron chi connectivity index (χ0n) is 13.9. The molecule has 0 N–H and O–H groups in total. The summed E-state index contributed by atoms with van der Waals surface area (Å²) in [7, 11) is 0. The van der Waals surface area contributed by atoms with Crippen LogP contribution in [0.4, 0.5) is 5.95 Å². The lowest BCUT2D eigenvalue weighted by Gasteiger charge is -2.38. The summed E-state index contributed by atoms with van der Waals surface area (Å²) in [5, 5.41) is 7.52. The maximum Gasteiger partial charge on any atom is 0.255 e. The predicted molar refractivity (Wildman–Crippen MR) is 90.0 cm³/mol. The van der Waals surface area contributed by atoms with Crippen LogP contribution in [0.3, 0.4) is 0 Å². The zero-order chi connectivity index (χ0) is 17.1. The molecule has 0 radical (unpaired) electrons. The summed E-state index contributed by atoms with van der Waals surface area (Å²) in [5.74, 6) is 1.10. The number of fused-ring (bicyclic) bond motifs is 1. The summed E-state index contributed by atoms with van der Waals surface area (Å²) in [6.45, 7) is 3.55. The van der Waals surface area contributed by atoms with Crippen LogP contribution in [-0.4, -0.2) is 69.9 Å². The van der Waals surface area contributed by atoms with Gasteiger partial charge >= 0.3 is 0 Å². The van der Waals surface area contributed by atoms with Crippen LogP contribution in [0.1, 0.15) is 16.8 Å². The average Bonchev–Trinajstić information content (AvgIpc) is 2.90. The first-order valence-corrected chi connectivity index (χ1v) is 8.51. The third-order valence-corrected chi connectivity index (χ3v) is 4.80. The number of ether oxygens (including phenoxy) is 1. The molecule has 4 heterocycles. The fraction of sp³-hybridized carbons (Fsp3) is 0.471. The van der Waals surface area contributed by atoms with Crippen LogP contribution in [0.2, 0.25) is 0 Å². The van der Waals surface area contributed by atoms with Crippen molar-refractivity contribution >= 4 is 11.9 Å². The molecule has 2 aliphatic heterocycles. The van der Waals surface area contributed by atoms with Crippen molar-refractivity contribution < 1.29 is 9.53 Å². The highest BCUT2D eigenvalue weighted by atomic mass is 16.5. The Hall–Kier alpha value is -2.61. The summed E-state index contributed by atoms with van der Waals surface area (Å²) in [6.07, 6.45) is 7.52. The minimum atomic E-state index is -0.00977. The molecule has 2 atom stereocenters. The second kappa shape index (κ2) is 7.10. The lowest BCUT2D eigenvalue weighted by Crippen LogP contribution is -2.49. The quantitative estimate of drug-likeness (QED) is 0.793. The van der Waals surface area contributed by atoms with Crippen molar-refractivity contribution in [2.45, 2.75) is 12.5 Å². The molecule has 2 fully saturated rings. The van der Waals surface area contributed by atoms with Gasteiger partial charge in [0.05, 0.1) is 30.7 Å². The van der Waals surface area contributed by atoms with Crippen molar-refractivity contribution in [3.8, 4) is 0 Å². The molecular formula is C17H20N6O2. The molecule has 130 valence electrons. The van der Waals surface area contributed by atoms with Crippen molar-refractivity contribution in [3.05, 3.63) is 42.5 Å². The number of amides is 1. The Labute approximate surface area is 145 Å². The molecule has 8 heteroatoms. The monoisotopic (exact) mass is 340 g/mol. The third kappa shape index (κ3) is 3.43. The standard InChI is InChI=1S/C17H20N6O2/c24-16(13-2-6-20-21-10-13)22-7-3-14-11-23(8-9-25-15(14)12-22)17-18-4-1-5-19-17/h1-2,4-6,10,14-15H,3,7-9,11-12H2/t14-,15+/m0/s1. The molecule has 2 aliphatic rings. The second-order valence-electron chi connectivity index (χ2n) is 6.34. The second-order valence-corrected chi connectivity index (χ2v) is 6.34. The Morgan fingerprint density at radius 3 is 2.80 bits per heavy atom. The number of rotatable bonds is 2. The van der Waals surface area contributed by atoms with Gasteiger partial charge in [0, 0.05) is 44.5 Å². The molecule has 4 rings (SSSR count). The van der Waals surface area contributed by atoms with E-state index in [4.69, 9.17) is 4.74 Å². The number of anilines is 1. The molecule has 2 aromatic heterocycles. The van der Waals surface area contributed by atoms with Crippen LogP contribution < -0.4 is 4.90 Å². The minimum absolute atomic E-state index is 0.00977. The van der Waals surface area contributed by atoms with Crippen LogP contribution in [0.15, 0.2) is 36.9 Å². The molecule has 1 amide bonds. The maximum atomic E-state index is 12.6. The van der Waals surface area contributed by atoms with Gasteiger partial charge in [0.25, 0.3) is 5.91 Å². The van der Waals surface area contributed by atoms with Crippen LogP contribution in [0.5, 0.6) is 0 Å². The summed E-state index contributed by atoms with van der Waals surface area (Å²) in [5.41, 5.74) is 0.571. The average molecular weight is 340 g/mol. The fourth-order valence-corrected chi connectivity index (χ4v) is 3.47. The molecule has 8 nitrogen and oxygen atoms in total. The fourth-order valence-electron chi connectivity index (χ4n) is 3.47. The molecule has 25 heavy (non-hydrogen) atoms. The van der Waals surface area contributed by atoms with Crippen molar-refractivity contribution in [1.82, 2.24) is 25.1 Å². The number of likely N-dealkylation sites (tertiary alicyclic amines) is 1. The smallest absolute Gasteiger partial charge is 0.255 e. The Bertz CT molecular complexity index is 714. The molecule has 0 bridgehead atoms. The number of carbonyl (C=O) groups excluding carboxylic acids is 1. The van der Waals surface area contributed by atoms with Gasteiger partial charge in [-0.05, 0) is 18.6 Å². The van der Waals surface area contributed by atoms with E-state index in [1.54, 1.807) is 24.7 Å². The minimum Gasteiger partial charge on any atom is -0.374 e. The van der Waals surface area contributed by atoms with Crippen LogP contribution in [0.25, 0.3) is 0 Å². The molecule has 0 aromatic carbocycles.